The van der Waals surface area contributed by atoms with Gasteiger partial charge in [0.05, 0.1) is 21.3 Å². The van der Waals surface area contributed by atoms with Crippen molar-refractivity contribution < 1.29 is 27.2 Å². The summed E-state index contributed by atoms with van der Waals surface area (Å²) < 4.78 is 55.2. The number of hydrogen-bond donors (Lipinski definition) is 2. The Balaban J connectivity index is 1.76. The van der Waals surface area contributed by atoms with E-state index in [0.29, 0.717) is 16.7 Å². The molecule has 1 aromatic carbocycles. The second-order valence-corrected chi connectivity index (χ2v) is 9.81. The second kappa shape index (κ2) is 9.98. The molecule has 14 heteroatoms. The molecule has 0 aliphatic heterocycles. The Hall–Kier alpha value is -2.70. The van der Waals surface area contributed by atoms with Crippen molar-refractivity contribution >= 4 is 56.6 Å². The summed E-state index contributed by atoms with van der Waals surface area (Å²) >= 11 is 15.3. The van der Waals surface area contributed by atoms with E-state index < -0.39 is 35.2 Å². The van der Waals surface area contributed by atoms with Gasteiger partial charge >= 0.3 is 6.18 Å². The molecule has 1 fully saturated rings. The van der Waals surface area contributed by atoms with Crippen LogP contribution in [0.2, 0.25) is 10.0 Å². The predicted octanol–water partition coefficient (Wildman–Crippen LogP) is 6.28. The van der Waals surface area contributed by atoms with E-state index in [9.17, 15) is 27.2 Å². The molecular formula is C22H16BrCl2F4N5O2. The lowest BCUT2D eigenvalue weighted by Gasteiger charge is -2.17. The molecule has 7 nitrogen and oxygen atoms in total. The number of aromatic nitrogens is 3. The van der Waals surface area contributed by atoms with Crippen molar-refractivity contribution in [3.8, 4) is 5.69 Å². The van der Waals surface area contributed by atoms with Crippen LogP contribution in [0.5, 0.6) is 0 Å². The summed E-state index contributed by atoms with van der Waals surface area (Å²) in [6.07, 6.45) is -0.751. The van der Waals surface area contributed by atoms with Crippen LogP contribution < -0.4 is 10.6 Å². The van der Waals surface area contributed by atoms with Gasteiger partial charge in [-0.3, -0.25) is 14.6 Å². The molecule has 0 bridgehead atoms. The van der Waals surface area contributed by atoms with Crippen LogP contribution in [0.25, 0.3) is 5.69 Å². The van der Waals surface area contributed by atoms with Crippen LogP contribution in [-0.4, -0.2) is 32.6 Å². The van der Waals surface area contributed by atoms with Gasteiger partial charge in [-0.05, 0) is 53.7 Å². The van der Waals surface area contributed by atoms with E-state index in [1.54, 1.807) is 0 Å². The average Bonchev–Trinajstić information content (AvgIpc) is 3.53. The zero-order valence-electron chi connectivity index (χ0n) is 18.3. The van der Waals surface area contributed by atoms with E-state index in [2.05, 4.69) is 36.6 Å². The molecule has 1 saturated carbocycles. The molecule has 190 valence electrons. The van der Waals surface area contributed by atoms with Gasteiger partial charge in [0.25, 0.3) is 11.8 Å². The number of alkyl halides is 3. The van der Waals surface area contributed by atoms with Crippen molar-refractivity contribution in [2.24, 2.45) is 5.92 Å². The monoisotopic (exact) mass is 607 g/mol. The van der Waals surface area contributed by atoms with Crippen LogP contribution >= 0.6 is 39.1 Å². The quantitative estimate of drug-likeness (QED) is 0.323. The van der Waals surface area contributed by atoms with Crippen molar-refractivity contribution in [2.75, 3.05) is 5.32 Å². The summed E-state index contributed by atoms with van der Waals surface area (Å²) in [5, 5.41) is 8.30. The van der Waals surface area contributed by atoms with Crippen LogP contribution in [0.1, 0.15) is 46.3 Å². The molecule has 2 N–H and O–H groups in total. The third-order valence-electron chi connectivity index (χ3n) is 5.50. The Labute approximate surface area is 220 Å². The minimum Gasteiger partial charge on any atom is -0.349 e. The standard InChI is InChI=1S/C22H16BrCl2F4N5O2/c1-9(10-2-3-10)31-20(35)12-4-11(26)5-13(23)18(12)32-21(36)16-6-17(22(27,28)29)33-34(16)19-14(24)7-30-8-15(19)25/h4-10H,2-3H2,1H3,(H,31,35)(H,32,36). The molecule has 1 atom stereocenters. The van der Waals surface area contributed by atoms with Gasteiger partial charge in [0.1, 0.15) is 17.2 Å². The molecule has 36 heavy (non-hydrogen) atoms. The van der Waals surface area contributed by atoms with Crippen molar-refractivity contribution in [2.45, 2.75) is 32.0 Å². The van der Waals surface area contributed by atoms with E-state index in [0.717, 1.165) is 37.4 Å². The summed E-state index contributed by atoms with van der Waals surface area (Å²) in [7, 11) is 0. The molecule has 0 spiro atoms. The van der Waals surface area contributed by atoms with E-state index in [-0.39, 0.29) is 37.5 Å². The normalized spacial score (nSPS) is 14.4. The van der Waals surface area contributed by atoms with Crippen molar-refractivity contribution in [3.05, 3.63) is 67.9 Å². The average molecular weight is 609 g/mol. The topological polar surface area (TPSA) is 88.9 Å². The second-order valence-electron chi connectivity index (χ2n) is 8.14. The summed E-state index contributed by atoms with van der Waals surface area (Å²) in [4.78, 5) is 29.9. The van der Waals surface area contributed by atoms with Crippen molar-refractivity contribution in [1.82, 2.24) is 20.1 Å². The first-order valence-electron chi connectivity index (χ1n) is 10.4. The van der Waals surface area contributed by atoms with Crippen molar-refractivity contribution in [3.63, 3.8) is 0 Å². The molecule has 2 heterocycles. The first-order chi connectivity index (χ1) is 16.9. The van der Waals surface area contributed by atoms with Gasteiger partial charge in [-0.2, -0.15) is 18.3 Å². The van der Waals surface area contributed by atoms with E-state index in [4.69, 9.17) is 23.2 Å². The maximum Gasteiger partial charge on any atom is 0.435 e. The molecule has 1 unspecified atom stereocenters. The summed E-state index contributed by atoms with van der Waals surface area (Å²) in [6.45, 7) is 1.81. The number of nitrogens with one attached hydrogen (secondary N) is 2. The zero-order chi connectivity index (χ0) is 26.4. The highest BCUT2D eigenvalue weighted by atomic mass is 79.9. The van der Waals surface area contributed by atoms with Gasteiger partial charge in [-0.1, -0.05) is 23.2 Å². The highest BCUT2D eigenvalue weighted by Crippen LogP contribution is 2.35. The lowest BCUT2D eigenvalue weighted by atomic mass is 10.1. The van der Waals surface area contributed by atoms with Gasteiger partial charge in [0.15, 0.2) is 5.69 Å². The third-order valence-corrected chi connectivity index (χ3v) is 6.68. The molecule has 1 aliphatic carbocycles. The first kappa shape index (κ1) is 26.4. The van der Waals surface area contributed by atoms with Crippen LogP contribution in [0, 0.1) is 11.7 Å². The number of amides is 2. The van der Waals surface area contributed by atoms with E-state index in [1.807, 2.05) is 6.92 Å². The molecule has 2 aromatic heterocycles. The number of rotatable bonds is 6. The Morgan fingerprint density at radius 3 is 2.36 bits per heavy atom. The molecule has 0 radical (unpaired) electrons. The highest BCUT2D eigenvalue weighted by molar-refractivity contribution is 9.10. The lowest BCUT2D eigenvalue weighted by molar-refractivity contribution is -0.141. The summed E-state index contributed by atoms with van der Waals surface area (Å²) in [5.74, 6) is -2.20. The molecular weight excluding hydrogens is 593 g/mol. The maximum atomic E-state index is 14.1. The molecule has 0 saturated heterocycles. The van der Waals surface area contributed by atoms with E-state index in [1.165, 1.54) is 0 Å². The van der Waals surface area contributed by atoms with Crippen molar-refractivity contribution in [1.29, 1.82) is 0 Å². The number of pyridine rings is 1. The molecule has 2 amide bonds. The zero-order valence-corrected chi connectivity index (χ0v) is 21.4. The smallest absolute Gasteiger partial charge is 0.349 e. The number of benzene rings is 1. The van der Waals surface area contributed by atoms with Gasteiger partial charge in [0.2, 0.25) is 0 Å². The van der Waals surface area contributed by atoms with Crippen LogP contribution in [0.15, 0.2) is 35.1 Å². The number of nitrogens with zero attached hydrogens (tertiary/aromatic N) is 3. The first-order valence-corrected chi connectivity index (χ1v) is 12.0. The predicted molar refractivity (Wildman–Crippen MR) is 128 cm³/mol. The fourth-order valence-electron chi connectivity index (χ4n) is 3.51. The Kier molecular flexibility index (Phi) is 7.31. The minimum absolute atomic E-state index is 0.00200. The summed E-state index contributed by atoms with van der Waals surface area (Å²) in [6, 6.07) is 2.25. The number of anilines is 1. The summed E-state index contributed by atoms with van der Waals surface area (Å²) in [5.41, 5.74) is -2.54. The number of carbonyl (C=O) groups excluding carboxylic acids is 2. The van der Waals surface area contributed by atoms with Gasteiger partial charge in [0, 0.05) is 29.0 Å². The fourth-order valence-corrected chi connectivity index (χ4v) is 4.57. The number of halogens is 7. The Morgan fingerprint density at radius 2 is 1.78 bits per heavy atom. The SMILES string of the molecule is CC(NC(=O)c1cc(F)cc(Br)c1NC(=O)c1cc(C(F)(F)F)nn1-c1c(Cl)cncc1Cl)C1CC1. The van der Waals surface area contributed by atoms with Crippen LogP contribution in [0.3, 0.4) is 0 Å². The largest absolute Gasteiger partial charge is 0.435 e. The van der Waals surface area contributed by atoms with Crippen LogP contribution in [-0.2, 0) is 6.18 Å². The van der Waals surface area contributed by atoms with Gasteiger partial charge in [-0.15, -0.1) is 0 Å². The van der Waals surface area contributed by atoms with E-state index >= 15 is 0 Å². The van der Waals surface area contributed by atoms with Crippen LogP contribution in [0.4, 0.5) is 23.2 Å². The number of carbonyl (C=O) groups is 2. The van der Waals surface area contributed by atoms with Gasteiger partial charge < -0.3 is 10.6 Å². The maximum absolute atomic E-state index is 14.1. The molecule has 1 aliphatic rings. The fraction of sp³-hybridized carbons (Fsp3) is 0.273. The number of hydrogen-bond acceptors (Lipinski definition) is 4. The Bertz CT molecular complexity index is 1340. The third kappa shape index (κ3) is 5.50. The highest BCUT2D eigenvalue weighted by Gasteiger charge is 2.37. The van der Waals surface area contributed by atoms with Gasteiger partial charge in [-0.25, -0.2) is 9.07 Å². The Morgan fingerprint density at radius 1 is 1.14 bits per heavy atom. The lowest BCUT2D eigenvalue weighted by Crippen LogP contribution is -2.34. The molecule has 3 aromatic rings. The minimum atomic E-state index is -4.90. The molecule has 4 rings (SSSR count).